The maximum absolute atomic E-state index is 12.7. The zero-order valence-corrected chi connectivity index (χ0v) is 16.3. The van der Waals surface area contributed by atoms with E-state index in [0.717, 1.165) is 18.4 Å². The molecule has 3 aromatic rings. The highest BCUT2D eigenvalue weighted by Gasteiger charge is 2.26. The predicted octanol–water partition coefficient (Wildman–Crippen LogP) is 2.15. The molecule has 0 unspecified atom stereocenters. The van der Waals surface area contributed by atoms with E-state index < -0.39 is 6.10 Å². The zero-order valence-electron chi connectivity index (χ0n) is 16.3. The van der Waals surface area contributed by atoms with Gasteiger partial charge in [-0.1, -0.05) is 24.2 Å². The summed E-state index contributed by atoms with van der Waals surface area (Å²) in [6.45, 7) is 1.79. The van der Waals surface area contributed by atoms with E-state index in [1.54, 1.807) is 6.20 Å². The van der Waals surface area contributed by atoms with E-state index in [1.165, 1.54) is 22.0 Å². The summed E-state index contributed by atoms with van der Waals surface area (Å²) in [6.07, 6.45) is 5.23. The fourth-order valence-electron chi connectivity index (χ4n) is 3.80. The Morgan fingerprint density at radius 1 is 1.41 bits per heavy atom. The molecular weight excluding hydrogens is 372 g/mol. The molecule has 0 saturated carbocycles. The van der Waals surface area contributed by atoms with Crippen molar-refractivity contribution in [1.82, 2.24) is 19.9 Å². The van der Waals surface area contributed by atoms with E-state index in [1.807, 2.05) is 13.0 Å². The molecule has 0 saturated heterocycles. The van der Waals surface area contributed by atoms with Crippen LogP contribution in [0.2, 0.25) is 0 Å². The SMILES string of the molecule is CCc1nc(-c2ccc3c(c2)CC[C@H]3CC(=O)c2cnn(C[C@@H](O)CO)c2)no1. The van der Waals surface area contributed by atoms with Crippen molar-refractivity contribution in [3.05, 3.63) is 53.2 Å². The Morgan fingerprint density at radius 2 is 2.28 bits per heavy atom. The van der Waals surface area contributed by atoms with Crippen molar-refractivity contribution >= 4 is 5.78 Å². The molecule has 4 rings (SSSR count). The summed E-state index contributed by atoms with van der Waals surface area (Å²) in [5.74, 6) is 1.43. The number of aliphatic hydroxyl groups is 2. The fraction of sp³-hybridized carbons (Fsp3) is 0.429. The third-order valence-corrected chi connectivity index (χ3v) is 5.37. The van der Waals surface area contributed by atoms with Gasteiger partial charge in [-0.3, -0.25) is 9.48 Å². The maximum Gasteiger partial charge on any atom is 0.226 e. The summed E-state index contributed by atoms with van der Waals surface area (Å²) in [7, 11) is 0. The lowest BCUT2D eigenvalue weighted by atomic mass is 9.93. The largest absolute Gasteiger partial charge is 0.394 e. The van der Waals surface area contributed by atoms with Crippen LogP contribution in [0.4, 0.5) is 0 Å². The highest BCUT2D eigenvalue weighted by molar-refractivity contribution is 5.96. The number of fused-ring (bicyclic) bond motifs is 1. The van der Waals surface area contributed by atoms with Crippen LogP contribution in [0.1, 0.15) is 53.1 Å². The van der Waals surface area contributed by atoms with E-state index in [9.17, 15) is 9.90 Å². The third kappa shape index (κ3) is 4.13. The molecule has 1 aliphatic carbocycles. The Balaban J connectivity index is 1.45. The van der Waals surface area contributed by atoms with Crippen LogP contribution in [0.25, 0.3) is 11.4 Å². The third-order valence-electron chi connectivity index (χ3n) is 5.37. The highest BCUT2D eigenvalue weighted by Crippen LogP contribution is 2.38. The molecule has 1 aromatic carbocycles. The van der Waals surface area contributed by atoms with Gasteiger partial charge in [0, 0.05) is 24.6 Å². The topological polar surface area (TPSA) is 114 Å². The van der Waals surface area contributed by atoms with Crippen molar-refractivity contribution in [1.29, 1.82) is 0 Å². The van der Waals surface area contributed by atoms with Crippen molar-refractivity contribution in [2.24, 2.45) is 0 Å². The van der Waals surface area contributed by atoms with E-state index in [-0.39, 0.29) is 24.9 Å². The molecule has 0 fully saturated rings. The highest BCUT2D eigenvalue weighted by atomic mass is 16.5. The number of aliphatic hydroxyl groups excluding tert-OH is 2. The van der Waals surface area contributed by atoms with Crippen LogP contribution < -0.4 is 0 Å². The molecule has 8 nitrogen and oxygen atoms in total. The fourth-order valence-corrected chi connectivity index (χ4v) is 3.80. The Hall–Kier alpha value is -2.84. The minimum atomic E-state index is -0.888. The van der Waals surface area contributed by atoms with Crippen LogP contribution in [0.15, 0.2) is 35.1 Å². The van der Waals surface area contributed by atoms with Gasteiger partial charge in [-0.05, 0) is 36.0 Å². The first-order valence-electron chi connectivity index (χ1n) is 9.87. The molecule has 152 valence electrons. The molecule has 1 aliphatic rings. The molecule has 0 bridgehead atoms. The lowest BCUT2D eigenvalue weighted by Crippen LogP contribution is -2.20. The lowest BCUT2D eigenvalue weighted by Gasteiger charge is -2.10. The first-order chi connectivity index (χ1) is 14.1. The van der Waals surface area contributed by atoms with Gasteiger partial charge in [0.05, 0.1) is 31.0 Å². The molecule has 2 N–H and O–H groups in total. The number of rotatable bonds is 8. The van der Waals surface area contributed by atoms with Crippen molar-refractivity contribution < 1.29 is 19.5 Å². The number of ketones is 1. The number of aryl methyl sites for hydroxylation is 2. The van der Waals surface area contributed by atoms with Crippen LogP contribution >= 0.6 is 0 Å². The van der Waals surface area contributed by atoms with Gasteiger partial charge < -0.3 is 14.7 Å². The number of carbonyl (C=O) groups excluding carboxylic acids is 1. The Morgan fingerprint density at radius 3 is 3.03 bits per heavy atom. The van der Waals surface area contributed by atoms with E-state index in [2.05, 4.69) is 27.4 Å². The van der Waals surface area contributed by atoms with Crippen LogP contribution in [-0.4, -0.2) is 48.6 Å². The molecular formula is C21H24N4O4. The van der Waals surface area contributed by atoms with Crippen LogP contribution in [0.5, 0.6) is 0 Å². The zero-order chi connectivity index (χ0) is 20.4. The van der Waals surface area contributed by atoms with Crippen LogP contribution in [0.3, 0.4) is 0 Å². The Bertz CT molecular complexity index is 1010. The maximum atomic E-state index is 12.7. The van der Waals surface area contributed by atoms with Gasteiger partial charge in [-0.25, -0.2) is 0 Å². The minimum absolute atomic E-state index is 0.0300. The Kier molecular flexibility index (Phi) is 5.55. The summed E-state index contributed by atoms with van der Waals surface area (Å²) in [4.78, 5) is 17.1. The summed E-state index contributed by atoms with van der Waals surface area (Å²) in [6, 6.07) is 6.15. The molecule has 8 heteroatoms. The quantitative estimate of drug-likeness (QED) is 0.561. The minimum Gasteiger partial charge on any atom is -0.394 e. The number of hydrogen-bond donors (Lipinski definition) is 2. The average molecular weight is 396 g/mol. The number of carbonyl (C=O) groups is 1. The number of nitrogens with zero attached hydrogens (tertiary/aromatic N) is 4. The molecule has 0 aliphatic heterocycles. The van der Waals surface area contributed by atoms with Gasteiger partial charge in [0.25, 0.3) is 0 Å². The van der Waals surface area contributed by atoms with Gasteiger partial charge in [0.1, 0.15) is 0 Å². The molecule has 2 heterocycles. The second-order valence-corrected chi connectivity index (χ2v) is 7.43. The summed E-state index contributed by atoms with van der Waals surface area (Å²) >= 11 is 0. The summed E-state index contributed by atoms with van der Waals surface area (Å²) in [5.41, 5.74) is 3.89. The number of benzene rings is 1. The lowest BCUT2D eigenvalue weighted by molar-refractivity contribution is 0.0782. The predicted molar refractivity (Wildman–Crippen MR) is 104 cm³/mol. The number of hydrogen-bond acceptors (Lipinski definition) is 7. The van der Waals surface area contributed by atoms with Gasteiger partial charge in [0.15, 0.2) is 5.78 Å². The first kappa shape index (κ1) is 19.5. The summed E-state index contributed by atoms with van der Waals surface area (Å²) in [5, 5.41) is 26.6. The van der Waals surface area contributed by atoms with E-state index in [0.29, 0.717) is 30.1 Å². The van der Waals surface area contributed by atoms with Crippen molar-refractivity contribution in [3.63, 3.8) is 0 Å². The van der Waals surface area contributed by atoms with Crippen molar-refractivity contribution in [2.45, 2.75) is 51.2 Å². The normalized spacial score (nSPS) is 16.7. The Labute approximate surface area is 168 Å². The van der Waals surface area contributed by atoms with Gasteiger partial charge in [-0.15, -0.1) is 0 Å². The van der Waals surface area contributed by atoms with Gasteiger partial charge >= 0.3 is 0 Å². The van der Waals surface area contributed by atoms with Gasteiger partial charge in [0.2, 0.25) is 11.7 Å². The summed E-state index contributed by atoms with van der Waals surface area (Å²) < 4.78 is 6.68. The second kappa shape index (κ2) is 8.26. The second-order valence-electron chi connectivity index (χ2n) is 7.43. The number of Topliss-reactive ketones (excluding diaryl/α,β-unsaturated/α-hetero) is 1. The molecule has 29 heavy (non-hydrogen) atoms. The van der Waals surface area contributed by atoms with Crippen molar-refractivity contribution in [3.8, 4) is 11.4 Å². The standard InChI is InChI=1S/C21H24N4O4/c1-2-20-23-21(24-29-20)15-5-6-18-13(7-15)3-4-14(18)8-19(28)16-9-22-25(10-16)11-17(27)12-26/h5-7,9-10,14,17,26-27H,2-4,8,11-12H2,1H3/t14-,17+/m0/s1. The van der Waals surface area contributed by atoms with Crippen LogP contribution in [0, 0.1) is 0 Å². The van der Waals surface area contributed by atoms with E-state index in [4.69, 9.17) is 9.63 Å². The average Bonchev–Trinajstić information content (AvgIpc) is 3.47. The number of aromatic nitrogens is 4. The van der Waals surface area contributed by atoms with Crippen molar-refractivity contribution in [2.75, 3.05) is 6.61 Å². The molecule has 2 atom stereocenters. The van der Waals surface area contributed by atoms with Crippen LogP contribution in [-0.2, 0) is 19.4 Å². The van der Waals surface area contributed by atoms with E-state index >= 15 is 0 Å². The first-order valence-corrected chi connectivity index (χ1v) is 9.87. The molecule has 2 aromatic heterocycles. The molecule has 0 radical (unpaired) electrons. The smallest absolute Gasteiger partial charge is 0.226 e. The molecule has 0 amide bonds. The monoisotopic (exact) mass is 396 g/mol. The molecule has 0 spiro atoms. The van der Waals surface area contributed by atoms with Gasteiger partial charge in [-0.2, -0.15) is 10.1 Å².